The van der Waals surface area contributed by atoms with E-state index in [9.17, 15) is 4.79 Å². The van der Waals surface area contributed by atoms with Crippen molar-refractivity contribution in [3.8, 4) is 0 Å². The summed E-state index contributed by atoms with van der Waals surface area (Å²) in [6.07, 6.45) is 5.23. The number of amides is 1. The van der Waals surface area contributed by atoms with Gasteiger partial charge in [-0.25, -0.2) is 4.79 Å². The first-order chi connectivity index (χ1) is 7.81. The Morgan fingerprint density at radius 1 is 1.24 bits per heavy atom. The third-order valence-corrected chi connectivity index (χ3v) is 2.25. The molecule has 0 radical (unpaired) electrons. The van der Waals surface area contributed by atoms with Gasteiger partial charge in [0.1, 0.15) is 5.60 Å². The minimum absolute atomic E-state index is 0.301. The van der Waals surface area contributed by atoms with Crippen LogP contribution >= 0.6 is 0 Å². The van der Waals surface area contributed by atoms with Gasteiger partial charge in [-0.1, -0.05) is 19.3 Å². The van der Waals surface area contributed by atoms with Gasteiger partial charge in [-0.15, -0.1) is 0 Å². The van der Waals surface area contributed by atoms with Crippen LogP contribution in [0.4, 0.5) is 4.79 Å². The predicted molar refractivity (Wildman–Crippen MR) is 71.0 cm³/mol. The van der Waals surface area contributed by atoms with E-state index in [1.807, 2.05) is 27.7 Å². The third-order valence-electron chi connectivity index (χ3n) is 2.25. The molecular weight excluding hydrogens is 216 g/mol. The molecule has 4 heteroatoms. The van der Waals surface area contributed by atoms with Crippen molar-refractivity contribution in [3.05, 3.63) is 0 Å². The predicted octanol–water partition coefficient (Wildman–Crippen LogP) is 2.81. The summed E-state index contributed by atoms with van der Waals surface area (Å²) in [5.74, 6) is 0. The smallest absolute Gasteiger partial charge is 0.407 e. The minimum atomic E-state index is -0.415. The number of nitrogens with one attached hydrogen (secondary N) is 1. The maximum atomic E-state index is 11.3. The molecule has 0 rings (SSSR count). The van der Waals surface area contributed by atoms with E-state index in [0.29, 0.717) is 12.6 Å². The third kappa shape index (κ3) is 13.2. The molecule has 0 bridgehead atoms. The molecule has 0 saturated carbocycles. The molecule has 4 nitrogen and oxygen atoms in total. The number of hydrogen-bond donors (Lipinski definition) is 2. The van der Waals surface area contributed by atoms with Gasteiger partial charge in [0.05, 0.1) is 0 Å². The molecule has 0 fully saturated rings. The summed E-state index contributed by atoms with van der Waals surface area (Å²) in [6, 6.07) is 0.301. The molecule has 0 aromatic rings. The van der Waals surface area contributed by atoms with Crippen molar-refractivity contribution >= 4 is 6.09 Å². The van der Waals surface area contributed by atoms with E-state index in [-0.39, 0.29) is 6.09 Å². The number of hydrogen-bond acceptors (Lipinski definition) is 3. The normalized spacial score (nSPS) is 13.2. The van der Waals surface area contributed by atoms with Crippen molar-refractivity contribution in [2.75, 3.05) is 6.54 Å². The van der Waals surface area contributed by atoms with Crippen LogP contribution in [0.5, 0.6) is 0 Å². The van der Waals surface area contributed by atoms with Gasteiger partial charge >= 0.3 is 6.09 Å². The Balaban J connectivity index is 3.31. The summed E-state index contributed by atoms with van der Waals surface area (Å²) < 4.78 is 5.13. The second-order valence-corrected chi connectivity index (χ2v) is 5.61. The highest BCUT2D eigenvalue weighted by atomic mass is 16.6. The van der Waals surface area contributed by atoms with Crippen molar-refractivity contribution in [2.45, 2.75) is 71.4 Å². The second kappa shape index (κ2) is 8.34. The van der Waals surface area contributed by atoms with Crippen LogP contribution in [-0.4, -0.2) is 24.3 Å². The first-order valence-corrected chi connectivity index (χ1v) is 6.53. The van der Waals surface area contributed by atoms with E-state index in [4.69, 9.17) is 10.5 Å². The van der Waals surface area contributed by atoms with Crippen LogP contribution in [0.2, 0.25) is 0 Å². The van der Waals surface area contributed by atoms with Crippen LogP contribution in [0.1, 0.15) is 59.8 Å². The van der Waals surface area contributed by atoms with Crippen molar-refractivity contribution in [1.29, 1.82) is 0 Å². The zero-order valence-corrected chi connectivity index (χ0v) is 11.7. The summed E-state index contributed by atoms with van der Waals surface area (Å²) in [6.45, 7) is 8.30. The van der Waals surface area contributed by atoms with E-state index in [1.54, 1.807) is 0 Å². The molecule has 1 unspecified atom stereocenters. The highest BCUT2D eigenvalue weighted by Crippen LogP contribution is 2.07. The van der Waals surface area contributed by atoms with Gasteiger partial charge in [-0.2, -0.15) is 0 Å². The van der Waals surface area contributed by atoms with Crippen molar-refractivity contribution in [1.82, 2.24) is 5.32 Å². The van der Waals surface area contributed by atoms with Gasteiger partial charge in [-0.05, 0) is 40.5 Å². The first kappa shape index (κ1) is 16.2. The number of unbranched alkanes of at least 4 members (excludes halogenated alkanes) is 3. The SMILES string of the molecule is CC(N)CCCCCCNC(=O)OC(C)(C)C. The van der Waals surface area contributed by atoms with Gasteiger partial charge in [-0.3, -0.25) is 0 Å². The van der Waals surface area contributed by atoms with E-state index < -0.39 is 5.60 Å². The van der Waals surface area contributed by atoms with Crippen LogP contribution < -0.4 is 11.1 Å². The van der Waals surface area contributed by atoms with E-state index in [1.165, 1.54) is 12.8 Å². The fraction of sp³-hybridized carbons (Fsp3) is 0.923. The topological polar surface area (TPSA) is 64.3 Å². The minimum Gasteiger partial charge on any atom is -0.444 e. The lowest BCUT2D eigenvalue weighted by atomic mass is 10.1. The summed E-state index contributed by atoms with van der Waals surface area (Å²) >= 11 is 0. The van der Waals surface area contributed by atoms with E-state index in [2.05, 4.69) is 5.32 Å². The molecule has 0 spiro atoms. The van der Waals surface area contributed by atoms with Crippen LogP contribution in [0.3, 0.4) is 0 Å². The first-order valence-electron chi connectivity index (χ1n) is 6.53. The summed E-state index contributed by atoms with van der Waals surface area (Å²) in [5, 5.41) is 2.75. The Bertz CT molecular complexity index is 210. The molecule has 0 aliphatic carbocycles. The zero-order valence-electron chi connectivity index (χ0n) is 11.7. The summed E-state index contributed by atoms with van der Waals surface area (Å²) in [5.41, 5.74) is 5.24. The fourth-order valence-electron chi connectivity index (χ4n) is 1.45. The maximum absolute atomic E-state index is 11.3. The fourth-order valence-corrected chi connectivity index (χ4v) is 1.45. The monoisotopic (exact) mass is 244 g/mol. The maximum Gasteiger partial charge on any atom is 0.407 e. The van der Waals surface area contributed by atoms with Crippen LogP contribution in [0, 0.1) is 0 Å². The highest BCUT2D eigenvalue weighted by Gasteiger charge is 2.15. The number of ether oxygens (including phenoxy) is 1. The Labute approximate surface area is 105 Å². The van der Waals surface area contributed by atoms with Gasteiger partial charge in [0.15, 0.2) is 0 Å². The molecule has 0 aromatic heterocycles. The number of carbonyl (C=O) groups is 1. The Hall–Kier alpha value is -0.770. The number of nitrogens with two attached hydrogens (primary N) is 1. The lowest BCUT2D eigenvalue weighted by Gasteiger charge is -2.19. The average Bonchev–Trinajstić information content (AvgIpc) is 2.12. The van der Waals surface area contributed by atoms with Gasteiger partial charge in [0.25, 0.3) is 0 Å². The zero-order chi connectivity index (χ0) is 13.3. The Kier molecular flexibility index (Phi) is 7.96. The van der Waals surface area contributed by atoms with Crippen molar-refractivity contribution in [2.24, 2.45) is 5.73 Å². The molecule has 17 heavy (non-hydrogen) atoms. The average molecular weight is 244 g/mol. The molecule has 1 atom stereocenters. The Morgan fingerprint density at radius 2 is 1.82 bits per heavy atom. The molecule has 0 heterocycles. The molecule has 1 amide bonds. The number of carbonyl (C=O) groups excluding carboxylic acids is 1. The van der Waals surface area contributed by atoms with Crippen LogP contribution in [0.25, 0.3) is 0 Å². The van der Waals surface area contributed by atoms with Crippen LogP contribution in [-0.2, 0) is 4.74 Å². The lowest BCUT2D eigenvalue weighted by molar-refractivity contribution is 0.0527. The summed E-state index contributed by atoms with van der Waals surface area (Å²) in [7, 11) is 0. The quantitative estimate of drug-likeness (QED) is 0.677. The standard InChI is InChI=1S/C13H28N2O2/c1-11(14)9-7-5-6-8-10-15-12(16)17-13(2,3)4/h11H,5-10,14H2,1-4H3,(H,15,16). The van der Waals surface area contributed by atoms with Crippen LogP contribution in [0.15, 0.2) is 0 Å². The van der Waals surface area contributed by atoms with Gasteiger partial charge < -0.3 is 15.8 Å². The Morgan fingerprint density at radius 3 is 2.35 bits per heavy atom. The van der Waals surface area contributed by atoms with E-state index in [0.717, 1.165) is 19.3 Å². The lowest BCUT2D eigenvalue weighted by Crippen LogP contribution is -2.32. The molecule has 3 N–H and O–H groups in total. The molecule has 0 saturated heterocycles. The molecular formula is C13H28N2O2. The highest BCUT2D eigenvalue weighted by molar-refractivity contribution is 5.67. The second-order valence-electron chi connectivity index (χ2n) is 5.61. The number of alkyl carbamates (subject to hydrolysis) is 1. The number of rotatable bonds is 7. The molecule has 102 valence electrons. The molecule has 0 aromatic carbocycles. The van der Waals surface area contributed by atoms with Gasteiger partial charge in [0.2, 0.25) is 0 Å². The molecule has 0 aliphatic rings. The molecule has 0 aliphatic heterocycles. The van der Waals surface area contributed by atoms with E-state index >= 15 is 0 Å². The van der Waals surface area contributed by atoms with Crippen molar-refractivity contribution < 1.29 is 9.53 Å². The summed E-state index contributed by atoms with van der Waals surface area (Å²) in [4.78, 5) is 11.3. The largest absolute Gasteiger partial charge is 0.444 e. The van der Waals surface area contributed by atoms with Crippen molar-refractivity contribution in [3.63, 3.8) is 0 Å². The van der Waals surface area contributed by atoms with Gasteiger partial charge in [0, 0.05) is 12.6 Å².